The molecule has 0 aromatic carbocycles. The molecule has 6 atom stereocenters. The van der Waals surface area contributed by atoms with Crippen molar-refractivity contribution in [3.8, 4) is 0 Å². The monoisotopic (exact) mass is 250 g/mol. The van der Waals surface area contributed by atoms with Crippen LogP contribution < -0.4 is 0 Å². The molecule has 18 heavy (non-hydrogen) atoms. The highest BCUT2D eigenvalue weighted by Crippen LogP contribution is 2.55. The van der Waals surface area contributed by atoms with Crippen molar-refractivity contribution in [1.82, 2.24) is 0 Å². The van der Waals surface area contributed by atoms with Crippen LogP contribution in [-0.2, 0) is 9.53 Å². The van der Waals surface area contributed by atoms with Gasteiger partial charge in [-0.3, -0.25) is 4.79 Å². The molecular weight excluding hydrogens is 228 g/mol. The number of aliphatic hydroxyl groups is 1. The molecule has 0 bridgehead atoms. The minimum absolute atomic E-state index is 0.0848. The molecule has 3 nitrogen and oxygen atoms in total. The molecule has 0 spiro atoms. The number of fused-ring (bicyclic) bond motifs is 3. The van der Waals surface area contributed by atoms with Gasteiger partial charge in [-0.2, -0.15) is 0 Å². The van der Waals surface area contributed by atoms with Gasteiger partial charge in [0.1, 0.15) is 11.7 Å². The molecule has 3 heteroatoms. The molecule has 1 N–H and O–H groups in total. The van der Waals surface area contributed by atoms with Gasteiger partial charge in [0, 0.05) is 11.8 Å². The Morgan fingerprint density at radius 1 is 1.33 bits per heavy atom. The van der Waals surface area contributed by atoms with Gasteiger partial charge in [0.05, 0.1) is 5.92 Å². The first-order valence-electron chi connectivity index (χ1n) is 7.06. The third-order valence-electron chi connectivity index (χ3n) is 5.63. The first-order valence-corrected chi connectivity index (χ1v) is 7.06. The Kier molecular flexibility index (Phi) is 2.60. The van der Waals surface area contributed by atoms with Crippen molar-refractivity contribution in [2.45, 2.75) is 51.2 Å². The summed E-state index contributed by atoms with van der Waals surface area (Å²) in [7, 11) is 0. The van der Waals surface area contributed by atoms with E-state index < -0.39 is 5.60 Å². The van der Waals surface area contributed by atoms with Crippen molar-refractivity contribution in [3.63, 3.8) is 0 Å². The topological polar surface area (TPSA) is 46.5 Å². The van der Waals surface area contributed by atoms with Gasteiger partial charge in [0.2, 0.25) is 0 Å². The number of ether oxygens (including phenoxy) is 1. The molecule has 0 unspecified atom stereocenters. The summed E-state index contributed by atoms with van der Waals surface area (Å²) in [6, 6.07) is 0. The summed E-state index contributed by atoms with van der Waals surface area (Å²) in [5.41, 5.74) is 0.276. The largest absolute Gasteiger partial charge is 0.459 e. The standard InChI is InChI=1S/C15H22O3/c1-8-4-6-11-10(3)14(16)18-13(11)15(17)9(2)5-7-12(8)15/h9-13,17H,1,4-7H2,2-3H3/t9-,10+,11+,12+,13+,15-/m1/s1. The Morgan fingerprint density at radius 3 is 2.78 bits per heavy atom. The van der Waals surface area contributed by atoms with E-state index in [1.54, 1.807) is 0 Å². The maximum Gasteiger partial charge on any atom is 0.309 e. The predicted octanol–water partition coefficient (Wildman–Crippen LogP) is 2.29. The van der Waals surface area contributed by atoms with E-state index in [1.165, 1.54) is 0 Å². The number of carbonyl (C=O) groups is 1. The molecule has 1 saturated heterocycles. The van der Waals surface area contributed by atoms with Crippen LogP contribution in [0.25, 0.3) is 0 Å². The van der Waals surface area contributed by atoms with Crippen LogP contribution in [0.4, 0.5) is 0 Å². The highest BCUT2D eigenvalue weighted by atomic mass is 16.6. The molecule has 3 fully saturated rings. The third kappa shape index (κ3) is 1.37. The lowest BCUT2D eigenvalue weighted by atomic mass is 9.74. The van der Waals surface area contributed by atoms with Gasteiger partial charge < -0.3 is 9.84 Å². The second-order valence-electron chi connectivity index (χ2n) is 6.43. The molecule has 2 saturated carbocycles. The first-order chi connectivity index (χ1) is 8.46. The van der Waals surface area contributed by atoms with Crippen LogP contribution in [0.15, 0.2) is 12.2 Å². The molecule has 100 valence electrons. The fraction of sp³-hybridized carbons (Fsp3) is 0.800. The molecule has 0 aromatic heterocycles. The number of esters is 1. The van der Waals surface area contributed by atoms with Crippen LogP contribution in [0, 0.1) is 23.7 Å². The van der Waals surface area contributed by atoms with Crippen molar-refractivity contribution in [2.24, 2.45) is 23.7 Å². The quantitative estimate of drug-likeness (QED) is 0.530. The van der Waals surface area contributed by atoms with E-state index in [1.807, 2.05) is 6.92 Å². The minimum Gasteiger partial charge on any atom is -0.459 e. The zero-order valence-electron chi connectivity index (χ0n) is 11.2. The fourth-order valence-corrected chi connectivity index (χ4v) is 4.35. The van der Waals surface area contributed by atoms with E-state index in [9.17, 15) is 9.90 Å². The molecule has 1 heterocycles. The lowest BCUT2D eigenvalue weighted by molar-refractivity contribution is -0.164. The summed E-state index contributed by atoms with van der Waals surface area (Å²) in [6.45, 7) is 8.17. The van der Waals surface area contributed by atoms with E-state index in [4.69, 9.17) is 4.74 Å². The molecule has 3 rings (SSSR count). The predicted molar refractivity (Wildman–Crippen MR) is 67.7 cm³/mol. The third-order valence-corrected chi connectivity index (χ3v) is 5.63. The van der Waals surface area contributed by atoms with Gasteiger partial charge in [-0.1, -0.05) is 26.0 Å². The molecule has 2 aliphatic carbocycles. The Balaban J connectivity index is 2.04. The van der Waals surface area contributed by atoms with Crippen LogP contribution >= 0.6 is 0 Å². The van der Waals surface area contributed by atoms with Gasteiger partial charge in [-0.25, -0.2) is 0 Å². The van der Waals surface area contributed by atoms with Crippen LogP contribution in [0.1, 0.15) is 39.5 Å². The lowest BCUT2D eigenvalue weighted by Gasteiger charge is -2.39. The van der Waals surface area contributed by atoms with Crippen molar-refractivity contribution in [1.29, 1.82) is 0 Å². The van der Waals surface area contributed by atoms with Gasteiger partial charge in [0.15, 0.2) is 0 Å². The summed E-state index contributed by atoms with van der Waals surface area (Å²) in [6.07, 6.45) is 3.49. The highest BCUT2D eigenvalue weighted by Gasteiger charge is 2.61. The number of hydrogen-bond acceptors (Lipinski definition) is 3. The normalized spacial score (nSPS) is 51.6. The van der Waals surface area contributed by atoms with Crippen LogP contribution in [-0.4, -0.2) is 22.8 Å². The SMILES string of the molecule is C=C1CC[C@H]2[C@H](C)C(=O)O[C@@H]2[C@@]2(O)[C@H](C)CC[C@@H]12. The van der Waals surface area contributed by atoms with Gasteiger partial charge >= 0.3 is 5.97 Å². The smallest absolute Gasteiger partial charge is 0.309 e. The molecule has 1 aliphatic heterocycles. The second-order valence-corrected chi connectivity index (χ2v) is 6.43. The zero-order valence-corrected chi connectivity index (χ0v) is 11.2. The Hall–Kier alpha value is -0.830. The summed E-state index contributed by atoms with van der Waals surface area (Å²) >= 11 is 0. The number of carbonyl (C=O) groups excluding carboxylic acids is 1. The summed E-state index contributed by atoms with van der Waals surface area (Å²) in [4.78, 5) is 11.8. The lowest BCUT2D eigenvalue weighted by Crippen LogP contribution is -2.51. The Bertz CT molecular complexity index is 403. The average Bonchev–Trinajstić information content (AvgIpc) is 2.75. The van der Waals surface area contributed by atoms with Crippen molar-refractivity contribution >= 4 is 5.97 Å². The molecule has 0 amide bonds. The van der Waals surface area contributed by atoms with Crippen molar-refractivity contribution in [2.75, 3.05) is 0 Å². The van der Waals surface area contributed by atoms with E-state index in [-0.39, 0.29) is 35.7 Å². The average molecular weight is 250 g/mol. The van der Waals surface area contributed by atoms with E-state index in [0.717, 1.165) is 31.3 Å². The maximum absolute atomic E-state index is 11.8. The van der Waals surface area contributed by atoms with E-state index in [0.29, 0.717) is 0 Å². The summed E-state index contributed by atoms with van der Waals surface area (Å²) in [5, 5.41) is 11.2. The van der Waals surface area contributed by atoms with Gasteiger partial charge in [0.25, 0.3) is 0 Å². The Morgan fingerprint density at radius 2 is 2.06 bits per heavy atom. The molecule has 0 radical (unpaired) electrons. The van der Waals surface area contributed by atoms with Crippen LogP contribution in [0.3, 0.4) is 0 Å². The van der Waals surface area contributed by atoms with Gasteiger partial charge in [-0.05, 0) is 31.6 Å². The zero-order chi connectivity index (χ0) is 13.1. The second kappa shape index (κ2) is 3.83. The summed E-state index contributed by atoms with van der Waals surface area (Å²) < 4.78 is 5.56. The van der Waals surface area contributed by atoms with Crippen LogP contribution in [0.2, 0.25) is 0 Å². The maximum atomic E-state index is 11.8. The number of hydrogen-bond donors (Lipinski definition) is 1. The van der Waals surface area contributed by atoms with Crippen molar-refractivity contribution < 1.29 is 14.6 Å². The molecule has 0 aromatic rings. The first kappa shape index (κ1) is 12.2. The van der Waals surface area contributed by atoms with E-state index in [2.05, 4.69) is 13.5 Å². The van der Waals surface area contributed by atoms with Crippen LogP contribution in [0.5, 0.6) is 0 Å². The Labute approximate surface area is 108 Å². The molecule has 3 aliphatic rings. The van der Waals surface area contributed by atoms with Crippen molar-refractivity contribution in [3.05, 3.63) is 12.2 Å². The minimum atomic E-state index is -0.876. The van der Waals surface area contributed by atoms with Gasteiger partial charge in [-0.15, -0.1) is 0 Å². The molecular formula is C15H22O3. The summed E-state index contributed by atoms with van der Waals surface area (Å²) in [5.74, 6) is 0.232. The highest BCUT2D eigenvalue weighted by molar-refractivity contribution is 5.75. The van der Waals surface area contributed by atoms with E-state index >= 15 is 0 Å². The fourth-order valence-electron chi connectivity index (χ4n) is 4.35. The number of rotatable bonds is 0.